The second kappa shape index (κ2) is 6.57. The molecule has 1 saturated heterocycles. The summed E-state index contributed by atoms with van der Waals surface area (Å²) in [6.07, 6.45) is 2.25. The molecule has 0 aliphatic carbocycles. The van der Waals surface area contributed by atoms with Crippen molar-refractivity contribution in [3.63, 3.8) is 0 Å². The molecule has 0 amide bonds. The fourth-order valence-corrected chi connectivity index (χ4v) is 5.15. The number of hydrogen-bond acceptors (Lipinski definition) is 7. The fraction of sp³-hybridized carbons (Fsp3) is 0.278. The van der Waals surface area contributed by atoms with E-state index in [9.17, 15) is 8.42 Å². The number of aromatic amines is 1. The van der Waals surface area contributed by atoms with Gasteiger partial charge in [0.05, 0.1) is 11.9 Å². The van der Waals surface area contributed by atoms with Gasteiger partial charge >= 0.3 is 0 Å². The van der Waals surface area contributed by atoms with Gasteiger partial charge in [0.15, 0.2) is 5.82 Å². The van der Waals surface area contributed by atoms with E-state index in [4.69, 9.17) is 4.74 Å². The molecular formula is C18H18N6O3S. The topological polar surface area (TPSA) is 113 Å². The van der Waals surface area contributed by atoms with E-state index in [1.807, 2.05) is 36.4 Å². The summed E-state index contributed by atoms with van der Waals surface area (Å²) >= 11 is 0. The van der Waals surface area contributed by atoms with Crippen LogP contribution in [0.1, 0.15) is 24.2 Å². The van der Waals surface area contributed by atoms with Crippen molar-refractivity contribution in [3.05, 3.63) is 53.9 Å². The van der Waals surface area contributed by atoms with E-state index in [2.05, 4.69) is 30.2 Å². The highest BCUT2D eigenvalue weighted by Crippen LogP contribution is 2.38. The predicted molar refractivity (Wildman–Crippen MR) is 101 cm³/mol. The van der Waals surface area contributed by atoms with Crippen LogP contribution in [0.5, 0.6) is 11.5 Å². The molecule has 9 nitrogen and oxygen atoms in total. The zero-order valence-electron chi connectivity index (χ0n) is 14.9. The molecular weight excluding hydrogens is 380 g/mol. The number of ether oxygens (including phenoxy) is 1. The van der Waals surface area contributed by atoms with Gasteiger partial charge in [-0.15, -0.1) is 5.10 Å². The number of rotatable bonds is 4. The van der Waals surface area contributed by atoms with Gasteiger partial charge in [0.25, 0.3) is 0 Å². The first-order chi connectivity index (χ1) is 13.6. The molecule has 3 heterocycles. The lowest BCUT2D eigenvalue weighted by atomic mass is 10.1. The van der Waals surface area contributed by atoms with E-state index in [1.165, 1.54) is 0 Å². The highest BCUT2D eigenvalue weighted by Gasteiger charge is 2.37. The second-order valence-electron chi connectivity index (χ2n) is 6.87. The van der Waals surface area contributed by atoms with E-state index in [1.54, 1.807) is 6.07 Å². The Morgan fingerprint density at radius 1 is 1.14 bits per heavy atom. The lowest BCUT2D eigenvalue weighted by molar-refractivity contribution is 0.479. The van der Waals surface area contributed by atoms with Crippen molar-refractivity contribution in [1.82, 2.24) is 25.3 Å². The van der Waals surface area contributed by atoms with E-state index < -0.39 is 10.0 Å². The molecule has 1 fully saturated rings. The van der Waals surface area contributed by atoms with Crippen molar-refractivity contribution in [2.24, 2.45) is 0 Å². The molecule has 2 aliphatic heterocycles. The molecule has 1 atom stereocenters. The first-order valence-electron chi connectivity index (χ1n) is 9.01. The average molecular weight is 398 g/mol. The van der Waals surface area contributed by atoms with E-state index in [-0.39, 0.29) is 11.1 Å². The minimum Gasteiger partial charge on any atom is -0.457 e. The molecule has 0 radical (unpaired) electrons. The normalized spacial score (nSPS) is 19.9. The second-order valence-corrected chi connectivity index (χ2v) is 8.56. The zero-order valence-corrected chi connectivity index (χ0v) is 15.7. The lowest BCUT2D eigenvalue weighted by Crippen LogP contribution is -2.48. The summed E-state index contributed by atoms with van der Waals surface area (Å²) in [7, 11) is -3.54. The van der Waals surface area contributed by atoms with Gasteiger partial charge in [0, 0.05) is 19.0 Å². The third-order valence-corrected chi connectivity index (χ3v) is 6.48. The molecule has 3 aromatic rings. The van der Waals surface area contributed by atoms with Gasteiger partial charge in [-0.05, 0) is 53.1 Å². The molecule has 1 aromatic heterocycles. The van der Waals surface area contributed by atoms with Gasteiger partial charge in [-0.2, -0.15) is 4.72 Å². The van der Waals surface area contributed by atoms with Crippen molar-refractivity contribution in [2.75, 3.05) is 11.4 Å². The van der Waals surface area contributed by atoms with Crippen LogP contribution in [0, 0.1) is 0 Å². The average Bonchev–Trinajstić information content (AvgIpc) is 3.35. The molecule has 0 spiro atoms. The summed E-state index contributed by atoms with van der Waals surface area (Å²) < 4.78 is 33.8. The number of nitrogens with zero attached hydrogens (tertiary/aromatic N) is 4. The Labute approximate surface area is 161 Å². The number of fused-ring (bicyclic) bond motifs is 3. The maximum atomic E-state index is 12.6. The SMILES string of the molecule is O=S1(=O)NC2CCCN2c2ccc(Oc3ccc(Cc4nnn[nH]4)cc3)cc21. The number of tetrazole rings is 1. The van der Waals surface area contributed by atoms with Gasteiger partial charge in [-0.1, -0.05) is 12.1 Å². The number of nitrogens with one attached hydrogen (secondary N) is 2. The van der Waals surface area contributed by atoms with Gasteiger partial charge in [-0.3, -0.25) is 0 Å². The number of hydrogen-bond donors (Lipinski definition) is 2. The van der Waals surface area contributed by atoms with Crippen LogP contribution >= 0.6 is 0 Å². The third kappa shape index (κ3) is 3.10. The van der Waals surface area contributed by atoms with Gasteiger partial charge < -0.3 is 9.64 Å². The van der Waals surface area contributed by atoms with E-state index >= 15 is 0 Å². The molecule has 5 rings (SSSR count). The summed E-state index contributed by atoms with van der Waals surface area (Å²) in [6.45, 7) is 0.850. The summed E-state index contributed by atoms with van der Waals surface area (Å²) in [5.74, 6) is 1.79. The molecule has 2 N–H and O–H groups in total. The van der Waals surface area contributed by atoms with Gasteiger partial charge in [0.2, 0.25) is 10.0 Å². The standard InChI is InChI=1S/C18H18N6O3S/c25-28(26)16-11-14(7-8-15(16)24-9-1-2-18(24)21-28)27-13-5-3-12(4-6-13)10-17-19-22-23-20-17/h3-8,11,18,21H,1-2,9-10H2,(H,19,20,22,23). The smallest absolute Gasteiger partial charge is 0.244 e. The lowest BCUT2D eigenvalue weighted by Gasteiger charge is -2.33. The van der Waals surface area contributed by atoms with Gasteiger partial charge in [-0.25, -0.2) is 13.5 Å². The van der Waals surface area contributed by atoms with Crippen LogP contribution in [0.25, 0.3) is 0 Å². The Bertz CT molecular complexity index is 1100. The summed E-state index contributed by atoms with van der Waals surface area (Å²) in [5, 5.41) is 13.7. The number of benzene rings is 2. The number of sulfonamides is 1. The Morgan fingerprint density at radius 2 is 1.96 bits per heavy atom. The Hall–Kier alpha value is -2.98. The minimum absolute atomic E-state index is 0.142. The molecule has 2 aliphatic rings. The molecule has 0 bridgehead atoms. The van der Waals surface area contributed by atoms with Crippen LogP contribution in [0.4, 0.5) is 5.69 Å². The molecule has 1 unspecified atom stereocenters. The fourth-order valence-electron chi connectivity index (χ4n) is 3.69. The number of anilines is 1. The Balaban J connectivity index is 1.38. The van der Waals surface area contributed by atoms with Crippen molar-refractivity contribution < 1.29 is 13.2 Å². The minimum atomic E-state index is -3.54. The largest absolute Gasteiger partial charge is 0.457 e. The van der Waals surface area contributed by atoms with Crippen LogP contribution in [-0.4, -0.2) is 41.8 Å². The molecule has 28 heavy (non-hydrogen) atoms. The van der Waals surface area contributed by atoms with Crippen molar-refractivity contribution in [2.45, 2.75) is 30.3 Å². The van der Waals surface area contributed by atoms with Crippen molar-refractivity contribution >= 4 is 15.7 Å². The highest BCUT2D eigenvalue weighted by atomic mass is 32.2. The van der Waals surface area contributed by atoms with Gasteiger partial charge in [0.1, 0.15) is 16.4 Å². The van der Waals surface area contributed by atoms with Crippen LogP contribution in [-0.2, 0) is 16.4 Å². The maximum absolute atomic E-state index is 12.6. The first-order valence-corrected chi connectivity index (χ1v) is 10.5. The zero-order chi connectivity index (χ0) is 19.1. The van der Waals surface area contributed by atoms with Crippen LogP contribution < -0.4 is 14.4 Å². The monoisotopic (exact) mass is 398 g/mol. The van der Waals surface area contributed by atoms with E-state index in [0.29, 0.717) is 23.7 Å². The number of H-pyrrole nitrogens is 1. The van der Waals surface area contributed by atoms with Crippen molar-refractivity contribution in [3.8, 4) is 11.5 Å². The quantitative estimate of drug-likeness (QED) is 0.689. The Kier molecular flexibility index (Phi) is 4.02. The molecule has 0 saturated carbocycles. The maximum Gasteiger partial charge on any atom is 0.244 e. The predicted octanol–water partition coefficient (Wildman–Crippen LogP) is 1.80. The summed E-state index contributed by atoms with van der Waals surface area (Å²) in [6, 6.07) is 12.7. The van der Waals surface area contributed by atoms with Crippen molar-refractivity contribution in [1.29, 1.82) is 0 Å². The Morgan fingerprint density at radius 3 is 2.75 bits per heavy atom. The van der Waals surface area contributed by atoms with Crippen LogP contribution in [0.2, 0.25) is 0 Å². The van der Waals surface area contributed by atoms with Crippen LogP contribution in [0.15, 0.2) is 47.4 Å². The third-order valence-electron chi connectivity index (χ3n) is 4.99. The molecule has 10 heteroatoms. The van der Waals surface area contributed by atoms with E-state index in [0.717, 1.165) is 30.6 Å². The van der Waals surface area contributed by atoms with Crippen LogP contribution in [0.3, 0.4) is 0 Å². The molecule has 144 valence electrons. The summed E-state index contributed by atoms with van der Waals surface area (Å²) in [5.41, 5.74) is 1.77. The highest BCUT2D eigenvalue weighted by molar-refractivity contribution is 7.89. The molecule has 2 aromatic carbocycles. The number of aromatic nitrogens is 4. The summed E-state index contributed by atoms with van der Waals surface area (Å²) in [4.78, 5) is 2.37. The first kappa shape index (κ1) is 17.1.